The molecule has 3 aromatic carbocycles. The predicted octanol–water partition coefficient (Wildman–Crippen LogP) is 7.32. The number of fused-ring (bicyclic) bond motifs is 2. The van der Waals surface area contributed by atoms with Crippen molar-refractivity contribution in [2.24, 2.45) is 0 Å². The van der Waals surface area contributed by atoms with E-state index >= 15 is 0 Å². The first kappa shape index (κ1) is 22.4. The number of ether oxygens (including phenoxy) is 1. The minimum absolute atomic E-state index is 0.230. The standard InChI is InChI=1S/C30H26N2O3/c1-18-10-12-21(13-11-18)25-17-35-30-20(3)29(34-4)23(16-24(25)30)19(2)15-27(33)32-26-9-5-7-22-8-6-14-31-28(22)26/h5-17H,1-4H3,(H,32,33)/b19-15+. The number of methoxy groups -OCH3 is 1. The summed E-state index contributed by atoms with van der Waals surface area (Å²) in [6, 6.07) is 20.0. The van der Waals surface area contributed by atoms with Crippen molar-refractivity contribution in [1.29, 1.82) is 0 Å². The number of hydrogen-bond donors (Lipinski definition) is 1. The first-order chi connectivity index (χ1) is 17.0. The lowest BCUT2D eigenvalue weighted by Crippen LogP contribution is -2.09. The molecule has 0 atom stereocenters. The Bertz CT molecular complexity index is 1590. The molecule has 0 bridgehead atoms. The molecule has 5 nitrogen and oxygen atoms in total. The number of aryl methyl sites for hydroxylation is 2. The molecule has 0 fully saturated rings. The van der Waals surface area contributed by atoms with Crippen molar-refractivity contribution in [3.63, 3.8) is 0 Å². The fourth-order valence-corrected chi connectivity index (χ4v) is 4.48. The van der Waals surface area contributed by atoms with E-state index in [0.717, 1.165) is 49.7 Å². The number of nitrogens with zero attached hydrogens (tertiary/aromatic N) is 1. The number of aromatic nitrogens is 1. The lowest BCUT2D eigenvalue weighted by molar-refractivity contribution is -0.111. The van der Waals surface area contributed by atoms with Crippen LogP contribution in [0.15, 0.2) is 83.6 Å². The number of carbonyl (C=O) groups excluding carboxylic acids is 1. The van der Waals surface area contributed by atoms with E-state index in [-0.39, 0.29) is 5.91 Å². The fraction of sp³-hybridized carbons (Fsp3) is 0.133. The molecule has 0 spiro atoms. The molecule has 2 aromatic heterocycles. The van der Waals surface area contributed by atoms with Gasteiger partial charge in [-0.2, -0.15) is 0 Å². The Kier molecular flexibility index (Phi) is 5.83. The molecule has 0 saturated heterocycles. The van der Waals surface area contributed by atoms with Crippen molar-refractivity contribution in [1.82, 2.24) is 4.98 Å². The molecule has 0 aliphatic carbocycles. The maximum Gasteiger partial charge on any atom is 0.248 e. The van der Waals surface area contributed by atoms with E-state index in [0.29, 0.717) is 11.4 Å². The number of amides is 1. The summed E-state index contributed by atoms with van der Waals surface area (Å²) in [5.41, 5.74) is 8.01. The Morgan fingerprint density at radius 2 is 1.83 bits per heavy atom. The van der Waals surface area contributed by atoms with Crippen LogP contribution in [0.1, 0.15) is 23.6 Å². The number of anilines is 1. The third-order valence-electron chi connectivity index (χ3n) is 6.27. The van der Waals surface area contributed by atoms with Crippen LogP contribution in [-0.2, 0) is 4.79 Å². The molecular formula is C30H26N2O3. The first-order valence-corrected chi connectivity index (χ1v) is 11.5. The van der Waals surface area contributed by atoms with Gasteiger partial charge in [-0.3, -0.25) is 9.78 Å². The SMILES string of the molecule is COc1c(/C(C)=C/C(=O)Nc2cccc3cccnc23)cc2c(-c3ccc(C)cc3)coc2c1C. The predicted molar refractivity (Wildman–Crippen MR) is 142 cm³/mol. The van der Waals surface area contributed by atoms with Gasteiger partial charge in [0.05, 0.1) is 24.6 Å². The number of benzene rings is 3. The number of hydrogen-bond acceptors (Lipinski definition) is 4. The smallest absolute Gasteiger partial charge is 0.248 e. The average molecular weight is 463 g/mol. The average Bonchev–Trinajstić information content (AvgIpc) is 3.29. The van der Waals surface area contributed by atoms with Gasteiger partial charge in [0.25, 0.3) is 0 Å². The number of carbonyl (C=O) groups is 1. The van der Waals surface area contributed by atoms with E-state index in [1.165, 1.54) is 5.56 Å². The summed E-state index contributed by atoms with van der Waals surface area (Å²) in [7, 11) is 1.64. The van der Waals surface area contributed by atoms with Gasteiger partial charge in [0.15, 0.2) is 0 Å². The molecule has 0 aliphatic rings. The molecule has 0 saturated carbocycles. The minimum atomic E-state index is -0.230. The van der Waals surface area contributed by atoms with Crippen LogP contribution in [0.2, 0.25) is 0 Å². The zero-order valence-electron chi connectivity index (χ0n) is 20.2. The van der Waals surface area contributed by atoms with Gasteiger partial charge in [-0.05, 0) is 50.1 Å². The number of nitrogens with one attached hydrogen (secondary N) is 1. The van der Waals surface area contributed by atoms with Gasteiger partial charge in [0.1, 0.15) is 11.3 Å². The maximum atomic E-state index is 13.0. The summed E-state index contributed by atoms with van der Waals surface area (Å²) >= 11 is 0. The monoisotopic (exact) mass is 462 g/mol. The Hall–Kier alpha value is -4.38. The van der Waals surface area contributed by atoms with Crippen LogP contribution in [0.4, 0.5) is 5.69 Å². The molecule has 5 rings (SSSR count). The number of pyridine rings is 1. The maximum absolute atomic E-state index is 13.0. The number of allylic oxidation sites excluding steroid dienone is 1. The van der Waals surface area contributed by atoms with Gasteiger partial charge in [-0.25, -0.2) is 0 Å². The van der Waals surface area contributed by atoms with Crippen molar-refractivity contribution < 1.29 is 13.9 Å². The van der Waals surface area contributed by atoms with E-state index in [2.05, 4.69) is 41.5 Å². The Balaban J connectivity index is 1.55. The van der Waals surface area contributed by atoms with Crippen LogP contribution in [0.25, 0.3) is 38.6 Å². The highest BCUT2D eigenvalue weighted by Gasteiger charge is 2.19. The Morgan fingerprint density at radius 3 is 2.60 bits per heavy atom. The molecule has 35 heavy (non-hydrogen) atoms. The Morgan fingerprint density at radius 1 is 1.06 bits per heavy atom. The molecule has 1 N–H and O–H groups in total. The third-order valence-corrected chi connectivity index (χ3v) is 6.27. The zero-order valence-corrected chi connectivity index (χ0v) is 20.2. The van der Waals surface area contributed by atoms with E-state index in [9.17, 15) is 4.79 Å². The van der Waals surface area contributed by atoms with Gasteiger partial charge >= 0.3 is 0 Å². The van der Waals surface area contributed by atoms with Crippen molar-refractivity contribution in [2.45, 2.75) is 20.8 Å². The van der Waals surface area contributed by atoms with E-state index < -0.39 is 0 Å². The van der Waals surface area contributed by atoms with Gasteiger partial charge in [-0.1, -0.05) is 48.0 Å². The van der Waals surface area contributed by atoms with Crippen molar-refractivity contribution in [3.8, 4) is 16.9 Å². The van der Waals surface area contributed by atoms with E-state index in [1.54, 1.807) is 25.6 Å². The van der Waals surface area contributed by atoms with E-state index in [4.69, 9.17) is 9.15 Å². The molecule has 5 heteroatoms. The quantitative estimate of drug-likeness (QED) is 0.278. The molecule has 0 unspecified atom stereocenters. The van der Waals surface area contributed by atoms with Crippen molar-refractivity contribution in [2.75, 3.05) is 12.4 Å². The number of para-hydroxylation sites is 1. The zero-order chi connectivity index (χ0) is 24.5. The van der Waals surface area contributed by atoms with E-state index in [1.807, 2.05) is 50.2 Å². The van der Waals surface area contributed by atoms with Crippen LogP contribution in [0.5, 0.6) is 5.75 Å². The summed E-state index contributed by atoms with van der Waals surface area (Å²) in [6.07, 6.45) is 5.10. The van der Waals surface area contributed by atoms with Gasteiger partial charge in [0, 0.05) is 39.7 Å². The van der Waals surface area contributed by atoms with Crippen molar-refractivity contribution in [3.05, 3.63) is 95.9 Å². The van der Waals surface area contributed by atoms with Crippen LogP contribution in [0.3, 0.4) is 0 Å². The molecule has 0 aliphatic heterocycles. The normalized spacial score (nSPS) is 11.7. The molecule has 5 aromatic rings. The van der Waals surface area contributed by atoms with Crippen LogP contribution < -0.4 is 10.1 Å². The molecular weight excluding hydrogens is 436 g/mol. The first-order valence-electron chi connectivity index (χ1n) is 11.5. The lowest BCUT2D eigenvalue weighted by atomic mass is 9.96. The number of furan rings is 1. The van der Waals surface area contributed by atoms with Crippen LogP contribution in [-0.4, -0.2) is 18.0 Å². The van der Waals surface area contributed by atoms with Crippen LogP contribution in [0, 0.1) is 13.8 Å². The van der Waals surface area contributed by atoms with Gasteiger partial charge in [-0.15, -0.1) is 0 Å². The summed E-state index contributed by atoms with van der Waals surface area (Å²) in [5, 5.41) is 4.93. The second-order valence-corrected chi connectivity index (χ2v) is 8.67. The number of rotatable bonds is 5. The largest absolute Gasteiger partial charge is 0.496 e. The van der Waals surface area contributed by atoms with Gasteiger partial charge < -0.3 is 14.5 Å². The molecule has 0 radical (unpaired) electrons. The minimum Gasteiger partial charge on any atom is -0.496 e. The topological polar surface area (TPSA) is 64.4 Å². The summed E-state index contributed by atoms with van der Waals surface area (Å²) < 4.78 is 11.7. The summed E-state index contributed by atoms with van der Waals surface area (Å²) in [6.45, 7) is 5.95. The summed E-state index contributed by atoms with van der Waals surface area (Å²) in [4.78, 5) is 17.4. The highest BCUT2D eigenvalue weighted by Crippen LogP contribution is 2.40. The highest BCUT2D eigenvalue weighted by molar-refractivity contribution is 6.08. The second-order valence-electron chi connectivity index (χ2n) is 8.67. The van der Waals surface area contributed by atoms with Crippen LogP contribution >= 0.6 is 0 Å². The molecule has 1 amide bonds. The lowest BCUT2D eigenvalue weighted by Gasteiger charge is -2.13. The van der Waals surface area contributed by atoms with Gasteiger partial charge in [0.2, 0.25) is 5.91 Å². The highest BCUT2D eigenvalue weighted by atomic mass is 16.5. The third kappa shape index (κ3) is 4.17. The molecule has 2 heterocycles. The molecule has 174 valence electrons. The second kappa shape index (κ2) is 9.11. The summed E-state index contributed by atoms with van der Waals surface area (Å²) in [5.74, 6) is 0.460. The van der Waals surface area contributed by atoms with Crippen molar-refractivity contribution >= 4 is 39.0 Å². The fourth-order valence-electron chi connectivity index (χ4n) is 4.48. The Labute approximate surface area is 204 Å².